The van der Waals surface area contributed by atoms with E-state index in [9.17, 15) is 0 Å². The van der Waals surface area contributed by atoms with Crippen LogP contribution < -0.4 is 10.5 Å². The molecule has 0 amide bonds. The van der Waals surface area contributed by atoms with Crippen LogP contribution in [0.3, 0.4) is 0 Å². The van der Waals surface area contributed by atoms with E-state index in [0.717, 1.165) is 11.3 Å². The first-order chi connectivity index (χ1) is 8.18. The van der Waals surface area contributed by atoms with Crippen molar-refractivity contribution in [2.45, 2.75) is 13.0 Å². The number of halogens is 1. The van der Waals surface area contributed by atoms with Gasteiger partial charge in [0.25, 0.3) is 0 Å². The lowest BCUT2D eigenvalue weighted by Crippen LogP contribution is -2.06. The Kier molecular flexibility index (Phi) is 3.67. The Hall–Kier alpha value is -1.51. The molecule has 2 rings (SSSR count). The van der Waals surface area contributed by atoms with Gasteiger partial charge in [-0.1, -0.05) is 41.9 Å². The molecular formula is C14H14ClNO. The van der Waals surface area contributed by atoms with Crippen LogP contribution in [0.5, 0.6) is 11.5 Å². The fourth-order valence-electron chi connectivity index (χ4n) is 1.60. The third-order valence-corrected chi connectivity index (χ3v) is 2.78. The lowest BCUT2D eigenvalue weighted by Gasteiger charge is -2.14. The Balaban J connectivity index is 2.34. The van der Waals surface area contributed by atoms with E-state index in [1.54, 1.807) is 6.07 Å². The van der Waals surface area contributed by atoms with Gasteiger partial charge in [0.2, 0.25) is 0 Å². The van der Waals surface area contributed by atoms with Gasteiger partial charge in [0.05, 0.1) is 5.02 Å². The Morgan fingerprint density at radius 2 is 1.59 bits per heavy atom. The summed E-state index contributed by atoms with van der Waals surface area (Å²) in [5.41, 5.74) is 6.86. The second-order valence-electron chi connectivity index (χ2n) is 3.86. The number of rotatable bonds is 3. The molecule has 88 valence electrons. The average Bonchev–Trinajstić information content (AvgIpc) is 2.32. The molecule has 2 aromatic rings. The smallest absolute Gasteiger partial charge is 0.146 e. The highest BCUT2D eigenvalue weighted by Gasteiger charge is 2.09. The van der Waals surface area contributed by atoms with Crippen LogP contribution in [-0.4, -0.2) is 0 Å². The first-order valence-electron chi connectivity index (χ1n) is 5.45. The monoisotopic (exact) mass is 247 g/mol. The minimum atomic E-state index is -0.0753. The molecule has 0 unspecified atom stereocenters. The minimum Gasteiger partial charge on any atom is -0.455 e. The molecule has 0 saturated heterocycles. The highest BCUT2D eigenvalue weighted by atomic mass is 35.5. The Morgan fingerprint density at radius 3 is 2.24 bits per heavy atom. The molecule has 2 nitrogen and oxygen atoms in total. The van der Waals surface area contributed by atoms with E-state index in [4.69, 9.17) is 22.1 Å². The van der Waals surface area contributed by atoms with Crippen LogP contribution in [0.25, 0.3) is 0 Å². The van der Waals surface area contributed by atoms with Gasteiger partial charge in [0.1, 0.15) is 11.5 Å². The number of hydrogen-bond acceptors (Lipinski definition) is 2. The Labute approximate surface area is 106 Å². The largest absolute Gasteiger partial charge is 0.455 e. The van der Waals surface area contributed by atoms with Gasteiger partial charge in [-0.05, 0) is 25.1 Å². The molecule has 0 spiro atoms. The van der Waals surface area contributed by atoms with Crippen molar-refractivity contribution in [3.8, 4) is 11.5 Å². The zero-order chi connectivity index (χ0) is 12.3. The van der Waals surface area contributed by atoms with Crippen molar-refractivity contribution in [3.63, 3.8) is 0 Å². The van der Waals surface area contributed by atoms with Crippen LogP contribution in [0, 0.1) is 0 Å². The van der Waals surface area contributed by atoms with E-state index in [2.05, 4.69) is 0 Å². The lowest BCUT2D eigenvalue weighted by molar-refractivity contribution is 0.472. The van der Waals surface area contributed by atoms with E-state index in [-0.39, 0.29) is 6.04 Å². The number of benzene rings is 2. The van der Waals surface area contributed by atoms with Gasteiger partial charge in [0, 0.05) is 11.6 Å². The molecule has 0 aliphatic carbocycles. The van der Waals surface area contributed by atoms with Crippen LogP contribution in [0.2, 0.25) is 5.02 Å². The van der Waals surface area contributed by atoms with Crippen LogP contribution in [0.1, 0.15) is 18.5 Å². The van der Waals surface area contributed by atoms with Gasteiger partial charge < -0.3 is 10.5 Å². The lowest BCUT2D eigenvalue weighted by atomic mass is 10.1. The van der Waals surface area contributed by atoms with Gasteiger partial charge in [-0.2, -0.15) is 0 Å². The molecule has 0 aliphatic heterocycles. The quantitative estimate of drug-likeness (QED) is 0.884. The third-order valence-electron chi connectivity index (χ3n) is 2.47. The number of para-hydroxylation sites is 2. The first kappa shape index (κ1) is 12.0. The zero-order valence-corrected chi connectivity index (χ0v) is 10.3. The highest BCUT2D eigenvalue weighted by molar-refractivity contribution is 6.32. The maximum atomic E-state index is 6.05. The summed E-state index contributed by atoms with van der Waals surface area (Å²) in [6, 6.07) is 15.0. The number of hydrogen-bond donors (Lipinski definition) is 1. The molecule has 2 aromatic carbocycles. The third kappa shape index (κ3) is 2.78. The molecule has 0 saturated carbocycles. The van der Waals surface area contributed by atoms with Gasteiger partial charge in [-0.15, -0.1) is 0 Å². The van der Waals surface area contributed by atoms with E-state index >= 15 is 0 Å². The molecule has 1 atom stereocenters. The normalized spacial score (nSPS) is 12.2. The Morgan fingerprint density at radius 1 is 1.00 bits per heavy atom. The van der Waals surface area contributed by atoms with Crippen molar-refractivity contribution in [1.82, 2.24) is 0 Å². The maximum Gasteiger partial charge on any atom is 0.146 e. The van der Waals surface area contributed by atoms with Crippen molar-refractivity contribution in [2.24, 2.45) is 5.73 Å². The van der Waals surface area contributed by atoms with Gasteiger partial charge in [0.15, 0.2) is 0 Å². The summed E-state index contributed by atoms with van der Waals surface area (Å²) in [4.78, 5) is 0. The number of nitrogens with two attached hydrogens (primary N) is 1. The predicted molar refractivity (Wildman–Crippen MR) is 70.6 cm³/mol. The summed E-state index contributed by atoms with van der Waals surface area (Å²) < 4.78 is 5.79. The van der Waals surface area contributed by atoms with Crippen molar-refractivity contribution < 1.29 is 4.74 Å². The maximum absolute atomic E-state index is 6.05. The van der Waals surface area contributed by atoms with E-state index in [1.807, 2.05) is 49.4 Å². The molecule has 3 heteroatoms. The fraction of sp³-hybridized carbons (Fsp3) is 0.143. The zero-order valence-electron chi connectivity index (χ0n) is 9.56. The summed E-state index contributed by atoms with van der Waals surface area (Å²) in [7, 11) is 0. The molecule has 0 heterocycles. The number of ether oxygens (including phenoxy) is 1. The van der Waals surface area contributed by atoms with Crippen LogP contribution in [0.4, 0.5) is 0 Å². The van der Waals surface area contributed by atoms with Crippen molar-refractivity contribution in [2.75, 3.05) is 0 Å². The summed E-state index contributed by atoms with van der Waals surface area (Å²) in [5, 5.41) is 0.590. The SMILES string of the molecule is C[C@@H](N)c1ccccc1Oc1ccccc1Cl. The molecular weight excluding hydrogens is 234 g/mol. The highest BCUT2D eigenvalue weighted by Crippen LogP contribution is 2.32. The van der Waals surface area contributed by atoms with Crippen molar-refractivity contribution in [1.29, 1.82) is 0 Å². The fourth-order valence-corrected chi connectivity index (χ4v) is 1.77. The summed E-state index contributed by atoms with van der Waals surface area (Å²) >= 11 is 6.05. The van der Waals surface area contributed by atoms with E-state index in [0.29, 0.717) is 10.8 Å². The van der Waals surface area contributed by atoms with Crippen molar-refractivity contribution in [3.05, 3.63) is 59.1 Å². The van der Waals surface area contributed by atoms with Crippen LogP contribution in [-0.2, 0) is 0 Å². The van der Waals surface area contributed by atoms with Crippen LogP contribution >= 0.6 is 11.6 Å². The van der Waals surface area contributed by atoms with E-state index in [1.165, 1.54) is 0 Å². The summed E-state index contributed by atoms with van der Waals surface area (Å²) in [6.45, 7) is 1.93. The molecule has 0 aromatic heterocycles. The summed E-state index contributed by atoms with van der Waals surface area (Å²) in [6.07, 6.45) is 0. The van der Waals surface area contributed by atoms with Gasteiger partial charge in [-0.25, -0.2) is 0 Å². The molecule has 2 N–H and O–H groups in total. The van der Waals surface area contributed by atoms with Crippen molar-refractivity contribution >= 4 is 11.6 Å². The predicted octanol–water partition coefficient (Wildman–Crippen LogP) is 4.15. The van der Waals surface area contributed by atoms with Gasteiger partial charge >= 0.3 is 0 Å². The molecule has 17 heavy (non-hydrogen) atoms. The Bertz CT molecular complexity index is 511. The second kappa shape index (κ2) is 5.21. The molecule has 0 fully saturated rings. The summed E-state index contributed by atoms with van der Waals surface area (Å²) in [5.74, 6) is 1.39. The molecule has 0 bridgehead atoms. The molecule has 0 aliphatic rings. The topological polar surface area (TPSA) is 35.2 Å². The van der Waals surface area contributed by atoms with Gasteiger partial charge in [-0.3, -0.25) is 0 Å². The van der Waals surface area contributed by atoms with E-state index < -0.39 is 0 Å². The average molecular weight is 248 g/mol. The minimum absolute atomic E-state index is 0.0753. The molecule has 0 radical (unpaired) electrons. The first-order valence-corrected chi connectivity index (χ1v) is 5.83. The standard InChI is InChI=1S/C14H14ClNO/c1-10(16)11-6-2-4-8-13(11)17-14-9-5-3-7-12(14)15/h2-10H,16H2,1H3/t10-/m1/s1. The van der Waals surface area contributed by atoms with Crippen LogP contribution in [0.15, 0.2) is 48.5 Å². The second-order valence-corrected chi connectivity index (χ2v) is 4.27.